The molecular formula is C14H15BrN2O. The zero-order valence-corrected chi connectivity index (χ0v) is 11.7. The minimum atomic E-state index is -0.828. The van der Waals surface area contributed by atoms with Crippen LogP contribution in [0.15, 0.2) is 28.7 Å². The topological polar surface area (TPSA) is 52.9 Å². The summed E-state index contributed by atoms with van der Waals surface area (Å²) in [7, 11) is 0. The molecule has 1 aromatic rings. The van der Waals surface area contributed by atoms with Crippen LogP contribution in [0.25, 0.3) is 0 Å². The molecule has 0 saturated heterocycles. The number of nitriles is 1. The van der Waals surface area contributed by atoms with E-state index < -0.39 is 5.41 Å². The summed E-state index contributed by atoms with van der Waals surface area (Å²) < 4.78 is 0.966. The van der Waals surface area contributed by atoms with Gasteiger partial charge in [0.25, 0.3) is 0 Å². The van der Waals surface area contributed by atoms with Gasteiger partial charge in [-0.1, -0.05) is 35.2 Å². The molecule has 18 heavy (non-hydrogen) atoms. The molecule has 1 amide bonds. The summed E-state index contributed by atoms with van der Waals surface area (Å²) in [4.78, 5) is 12.3. The van der Waals surface area contributed by atoms with Crippen LogP contribution in [0.2, 0.25) is 0 Å². The van der Waals surface area contributed by atoms with Crippen LogP contribution >= 0.6 is 15.9 Å². The van der Waals surface area contributed by atoms with Gasteiger partial charge in [0.15, 0.2) is 0 Å². The first kappa shape index (κ1) is 13.1. The predicted octanol–water partition coefficient (Wildman–Crippen LogP) is 3.86. The number of hydrogen-bond donors (Lipinski definition) is 1. The Morgan fingerprint density at radius 3 is 2.39 bits per heavy atom. The van der Waals surface area contributed by atoms with Gasteiger partial charge in [-0.05, 0) is 37.1 Å². The van der Waals surface area contributed by atoms with Crippen molar-refractivity contribution in [3.63, 3.8) is 0 Å². The van der Waals surface area contributed by atoms with E-state index in [1.807, 2.05) is 24.3 Å². The second kappa shape index (κ2) is 5.53. The van der Waals surface area contributed by atoms with Crippen molar-refractivity contribution in [1.29, 1.82) is 5.26 Å². The van der Waals surface area contributed by atoms with Gasteiger partial charge in [-0.25, -0.2) is 0 Å². The highest BCUT2D eigenvalue weighted by molar-refractivity contribution is 9.10. The van der Waals surface area contributed by atoms with Crippen LogP contribution in [0, 0.1) is 16.7 Å². The van der Waals surface area contributed by atoms with Crippen molar-refractivity contribution < 1.29 is 4.79 Å². The van der Waals surface area contributed by atoms with Gasteiger partial charge in [-0.15, -0.1) is 0 Å². The average molecular weight is 307 g/mol. The number of nitrogens with one attached hydrogen (secondary N) is 1. The van der Waals surface area contributed by atoms with Gasteiger partial charge in [0.05, 0.1) is 6.07 Å². The monoisotopic (exact) mass is 306 g/mol. The third-order valence-corrected chi connectivity index (χ3v) is 3.99. The standard InChI is InChI=1S/C14H15BrN2O/c15-11-4-6-12(7-5-11)17-13(18)14(10-16)8-2-1-3-9-14/h4-7H,1-3,8-9H2,(H,17,18). The van der Waals surface area contributed by atoms with Crippen LogP contribution in [-0.2, 0) is 4.79 Å². The first-order chi connectivity index (χ1) is 8.66. The van der Waals surface area contributed by atoms with E-state index in [4.69, 9.17) is 0 Å². The van der Waals surface area contributed by atoms with Crippen LogP contribution in [-0.4, -0.2) is 5.91 Å². The van der Waals surface area contributed by atoms with Crippen molar-refractivity contribution in [3.8, 4) is 6.07 Å². The third kappa shape index (κ3) is 2.73. The quantitative estimate of drug-likeness (QED) is 0.902. The van der Waals surface area contributed by atoms with Crippen molar-refractivity contribution in [2.45, 2.75) is 32.1 Å². The first-order valence-corrected chi connectivity index (χ1v) is 6.94. The SMILES string of the molecule is N#CC1(C(=O)Nc2ccc(Br)cc2)CCCCC1. The van der Waals surface area contributed by atoms with Crippen LogP contribution in [0.4, 0.5) is 5.69 Å². The largest absolute Gasteiger partial charge is 0.325 e. The number of carbonyl (C=O) groups excluding carboxylic acids is 1. The van der Waals surface area contributed by atoms with Crippen LogP contribution in [0.3, 0.4) is 0 Å². The molecule has 1 N–H and O–H groups in total. The number of benzene rings is 1. The number of nitrogens with zero attached hydrogens (tertiary/aromatic N) is 1. The summed E-state index contributed by atoms with van der Waals surface area (Å²) in [5.74, 6) is -0.160. The van der Waals surface area contributed by atoms with E-state index >= 15 is 0 Å². The fourth-order valence-electron chi connectivity index (χ4n) is 2.33. The fraction of sp³-hybridized carbons (Fsp3) is 0.429. The Morgan fingerprint density at radius 1 is 1.22 bits per heavy atom. The molecule has 0 heterocycles. The molecule has 1 aromatic carbocycles. The molecule has 0 aliphatic heterocycles. The molecule has 0 bridgehead atoms. The molecule has 1 aliphatic rings. The second-order valence-corrected chi connectivity index (χ2v) is 5.63. The molecule has 0 radical (unpaired) electrons. The van der Waals surface area contributed by atoms with Crippen molar-refractivity contribution in [2.75, 3.05) is 5.32 Å². The Balaban J connectivity index is 2.11. The summed E-state index contributed by atoms with van der Waals surface area (Å²) in [5.41, 5.74) is -0.0888. The molecule has 94 valence electrons. The van der Waals surface area contributed by atoms with Gasteiger partial charge < -0.3 is 5.32 Å². The lowest BCUT2D eigenvalue weighted by atomic mass is 9.74. The number of anilines is 1. The number of hydrogen-bond acceptors (Lipinski definition) is 2. The second-order valence-electron chi connectivity index (χ2n) is 4.72. The predicted molar refractivity (Wildman–Crippen MR) is 73.9 cm³/mol. The zero-order chi connectivity index (χ0) is 13.0. The Hall–Kier alpha value is -1.34. The lowest BCUT2D eigenvalue weighted by molar-refractivity contribution is -0.124. The molecule has 1 saturated carbocycles. The van der Waals surface area contributed by atoms with E-state index in [0.717, 1.165) is 29.4 Å². The molecule has 0 unspecified atom stereocenters. The van der Waals surface area contributed by atoms with Gasteiger partial charge in [0.1, 0.15) is 5.41 Å². The molecule has 0 aromatic heterocycles. The number of amides is 1. The van der Waals surface area contributed by atoms with E-state index in [2.05, 4.69) is 27.3 Å². The number of carbonyl (C=O) groups is 1. The maximum atomic E-state index is 12.3. The highest BCUT2D eigenvalue weighted by Gasteiger charge is 2.39. The van der Waals surface area contributed by atoms with E-state index in [-0.39, 0.29) is 5.91 Å². The summed E-state index contributed by atoms with van der Waals surface area (Å²) >= 11 is 3.35. The highest BCUT2D eigenvalue weighted by Crippen LogP contribution is 2.36. The van der Waals surface area contributed by atoms with Gasteiger partial charge in [0, 0.05) is 10.2 Å². The van der Waals surface area contributed by atoms with Gasteiger partial charge in [0.2, 0.25) is 5.91 Å². The molecule has 1 fully saturated rings. The van der Waals surface area contributed by atoms with Crippen LogP contribution in [0.1, 0.15) is 32.1 Å². The Kier molecular flexibility index (Phi) is 4.03. The molecular weight excluding hydrogens is 292 g/mol. The Labute approximate surface area is 115 Å². The van der Waals surface area contributed by atoms with Gasteiger partial charge in [-0.2, -0.15) is 5.26 Å². The smallest absolute Gasteiger partial charge is 0.244 e. The van der Waals surface area contributed by atoms with Gasteiger partial charge >= 0.3 is 0 Å². The molecule has 1 aliphatic carbocycles. The lowest BCUT2D eigenvalue weighted by Gasteiger charge is -2.29. The first-order valence-electron chi connectivity index (χ1n) is 6.15. The maximum absolute atomic E-state index is 12.3. The van der Waals surface area contributed by atoms with Crippen molar-refractivity contribution in [2.24, 2.45) is 5.41 Å². The van der Waals surface area contributed by atoms with Crippen molar-refractivity contribution in [1.82, 2.24) is 0 Å². The molecule has 2 rings (SSSR count). The summed E-state index contributed by atoms with van der Waals surface area (Å²) in [6.07, 6.45) is 4.38. The minimum Gasteiger partial charge on any atom is -0.325 e. The number of rotatable bonds is 2. The van der Waals surface area contributed by atoms with E-state index in [0.29, 0.717) is 12.8 Å². The van der Waals surface area contributed by atoms with E-state index in [1.165, 1.54) is 0 Å². The third-order valence-electron chi connectivity index (χ3n) is 3.46. The number of halogens is 1. The highest BCUT2D eigenvalue weighted by atomic mass is 79.9. The average Bonchev–Trinajstić information content (AvgIpc) is 2.42. The van der Waals surface area contributed by atoms with Crippen molar-refractivity contribution >= 4 is 27.5 Å². The minimum absolute atomic E-state index is 0.160. The molecule has 0 spiro atoms. The molecule has 3 nitrogen and oxygen atoms in total. The van der Waals surface area contributed by atoms with E-state index in [1.54, 1.807) is 0 Å². The van der Waals surface area contributed by atoms with Crippen LogP contribution < -0.4 is 5.32 Å². The maximum Gasteiger partial charge on any atom is 0.244 e. The summed E-state index contributed by atoms with van der Waals surface area (Å²) in [6, 6.07) is 9.63. The Bertz CT molecular complexity index is 470. The zero-order valence-electron chi connectivity index (χ0n) is 10.1. The Morgan fingerprint density at radius 2 is 1.83 bits per heavy atom. The van der Waals surface area contributed by atoms with Crippen molar-refractivity contribution in [3.05, 3.63) is 28.7 Å². The van der Waals surface area contributed by atoms with Gasteiger partial charge in [-0.3, -0.25) is 4.79 Å². The summed E-state index contributed by atoms with van der Waals surface area (Å²) in [6.45, 7) is 0. The lowest BCUT2D eigenvalue weighted by Crippen LogP contribution is -2.36. The fourth-order valence-corrected chi connectivity index (χ4v) is 2.59. The summed E-state index contributed by atoms with van der Waals surface area (Å²) in [5, 5.41) is 12.2. The van der Waals surface area contributed by atoms with E-state index in [9.17, 15) is 10.1 Å². The van der Waals surface area contributed by atoms with Crippen LogP contribution in [0.5, 0.6) is 0 Å². The molecule has 4 heteroatoms. The molecule has 0 atom stereocenters. The normalized spacial score (nSPS) is 17.8.